The van der Waals surface area contributed by atoms with Crippen molar-refractivity contribution in [2.24, 2.45) is 0 Å². The van der Waals surface area contributed by atoms with Crippen LogP contribution in [0.1, 0.15) is 130 Å². The molecule has 0 bridgehead atoms. The van der Waals surface area contributed by atoms with Gasteiger partial charge in [0.15, 0.2) is 23.0 Å². The average Bonchev–Trinajstić information content (AvgIpc) is 3.30. The first-order valence-corrected chi connectivity index (χ1v) is 24.3. The number of anilines is 6. The molecule has 0 radical (unpaired) electrons. The van der Waals surface area contributed by atoms with E-state index in [1.807, 2.05) is 24.3 Å². The van der Waals surface area contributed by atoms with Crippen LogP contribution in [0.4, 0.5) is 34.1 Å². The van der Waals surface area contributed by atoms with Crippen molar-refractivity contribution in [2.45, 2.75) is 132 Å². The lowest BCUT2D eigenvalue weighted by Crippen LogP contribution is -2.17. The topological polar surface area (TPSA) is 61.9 Å². The number of nitrogens with zero attached hydrogens (tertiary/aromatic N) is 2. The first kappa shape index (κ1) is 49.5. The average molecular weight is 873 g/mol. The molecule has 8 nitrogen and oxygen atoms in total. The van der Waals surface area contributed by atoms with E-state index in [4.69, 9.17) is 28.4 Å². The van der Waals surface area contributed by atoms with Gasteiger partial charge in [0.1, 0.15) is 22.9 Å². The Morgan fingerprint density at radius 1 is 0.328 bits per heavy atom. The summed E-state index contributed by atoms with van der Waals surface area (Å²) in [6, 6.07) is 34.2. The molecule has 0 aliphatic rings. The predicted molar refractivity (Wildman–Crippen MR) is 268 cm³/mol. The molecule has 0 saturated heterocycles. The monoisotopic (exact) mass is 873 g/mol. The highest BCUT2D eigenvalue weighted by atomic mass is 16.5. The molecule has 0 fully saturated rings. The second-order valence-electron chi connectivity index (χ2n) is 16.6. The quantitative estimate of drug-likeness (QED) is 0.0423. The predicted octanol–water partition coefficient (Wildman–Crippen LogP) is 16.3. The van der Waals surface area contributed by atoms with Crippen LogP contribution in [0.3, 0.4) is 0 Å². The molecular weight excluding hydrogens is 797 g/mol. The molecule has 8 heteroatoms. The van der Waals surface area contributed by atoms with Gasteiger partial charge in [0.25, 0.3) is 0 Å². The van der Waals surface area contributed by atoms with Crippen LogP contribution in [0.2, 0.25) is 0 Å². The molecule has 0 aliphatic heterocycles. The molecule has 0 aromatic heterocycles. The molecule has 346 valence electrons. The standard InChI is InChI=1S/C56H76N2O6/c1-9-15-32-59-49-39-51(61-34-17-11-3)55(52(40-49)62-35-18-12-4)57(45-28-24-43(7)25-29-45)47-22-21-23-48(38-47)58(46-30-26-44(8)27-31-46)56-53(63-36-19-13-5)41-50(60-33-16-10-2)42-54(56)64-37-20-14-6/h21-31,38-42H,9-20,32-37H2,1-8H3. The van der Waals surface area contributed by atoms with Gasteiger partial charge in [0.05, 0.1) is 39.6 Å². The van der Waals surface area contributed by atoms with Crippen LogP contribution in [0, 0.1) is 13.8 Å². The first-order chi connectivity index (χ1) is 31.3. The number of aryl methyl sites for hydroxylation is 2. The van der Waals surface area contributed by atoms with E-state index >= 15 is 0 Å². The van der Waals surface area contributed by atoms with Gasteiger partial charge < -0.3 is 38.2 Å². The summed E-state index contributed by atoms with van der Waals surface area (Å²) >= 11 is 0. The zero-order chi connectivity index (χ0) is 45.5. The van der Waals surface area contributed by atoms with Crippen LogP contribution in [0.25, 0.3) is 0 Å². The minimum atomic E-state index is 0.569. The number of rotatable bonds is 30. The zero-order valence-electron chi connectivity index (χ0n) is 40.3. The highest BCUT2D eigenvalue weighted by Crippen LogP contribution is 2.52. The van der Waals surface area contributed by atoms with E-state index in [9.17, 15) is 0 Å². The molecule has 0 amide bonds. The van der Waals surface area contributed by atoms with Crippen molar-refractivity contribution in [2.75, 3.05) is 49.4 Å². The lowest BCUT2D eigenvalue weighted by Gasteiger charge is -2.33. The summed E-state index contributed by atoms with van der Waals surface area (Å²) in [6.07, 6.45) is 11.8. The van der Waals surface area contributed by atoms with Crippen molar-refractivity contribution in [1.82, 2.24) is 0 Å². The molecule has 0 unspecified atom stereocenters. The second kappa shape index (κ2) is 27.0. The van der Waals surface area contributed by atoms with E-state index in [0.717, 1.165) is 123 Å². The van der Waals surface area contributed by atoms with Gasteiger partial charge in [-0.25, -0.2) is 0 Å². The Hall–Kier alpha value is -5.50. The highest BCUT2D eigenvalue weighted by molar-refractivity contribution is 5.90. The third kappa shape index (κ3) is 14.3. The van der Waals surface area contributed by atoms with Crippen LogP contribution in [-0.2, 0) is 0 Å². The molecule has 5 aromatic carbocycles. The lowest BCUT2D eigenvalue weighted by molar-refractivity contribution is 0.281. The maximum atomic E-state index is 6.76. The first-order valence-electron chi connectivity index (χ1n) is 24.3. The third-order valence-electron chi connectivity index (χ3n) is 11.0. The van der Waals surface area contributed by atoms with Gasteiger partial charge in [-0.3, -0.25) is 0 Å². The van der Waals surface area contributed by atoms with Crippen LogP contribution in [-0.4, -0.2) is 39.6 Å². The maximum absolute atomic E-state index is 6.76. The van der Waals surface area contributed by atoms with E-state index < -0.39 is 0 Å². The summed E-state index contributed by atoms with van der Waals surface area (Å²) in [7, 11) is 0. The summed E-state index contributed by atoms with van der Waals surface area (Å²) < 4.78 is 39.8. The summed E-state index contributed by atoms with van der Waals surface area (Å²) in [5.74, 6) is 4.34. The van der Waals surface area contributed by atoms with E-state index in [2.05, 4.69) is 138 Å². The van der Waals surface area contributed by atoms with E-state index in [-0.39, 0.29) is 0 Å². The minimum Gasteiger partial charge on any atom is -0.493 e. The molecule has 0 heterocycles. The van der Waals surface area contributed by atoms with Gasteiger partial charge in [0.2, 0.25) is 0 Å². The normalized spacial score (nSPS) is 11.0. The molecule has 0 aliphatic carbocycles. The molecular formula is C56H76N2O6. The third-order valence-corrected chi connectivity index (χ3v) is 11.0. The number of benzene rings is 5. The molecule has 5 rings (SSSR count). The minimum absolute atomic E-state index is 0.569. The van der Waals surface area contributed by atoms with Gasteiger partial charge in [-0.05, 0) is 94.8 Å². The molecule has 0 atom stereocenters. The van der Waals surface area contributed by atoms with Crippen LogP contribution < -0.4 is 38.2 Å². The Bertz CT molecular complexity index is 1890. The fourth-order valence-electron chi connectivity index (χ4n) is 7.11. The second-order valence-corrected chi connectivity index (χ2v) is 16.6. The smallest absolute Gasteiger partial charge is 0.150 e. The SMILES string of the molecule is CCCCOc1cc(OCCCC)c(N(c2ccc(C)cc2)c2cccc(N(c3ccc(C)cc3)c3c(OCCCC)cc(OCCCC)cc3OCCCC)c2)c(OCCCC)c1. The van der Waals surface area contributed by atoms with Gasteiger partial charge in [-0.2, -0.15) is 0 Å². The summed E-state index contributed by atoms with van der Waals surface area (Å²) in [5.41, 5.74) is 7.83. The van der Waals surface area contributed by atoms with Crippen LogP contribution in [0.15, 0.2) is 97.1 Å². The van der Waals surface area contributed by atoms with Gasteiger partial charge in [-0.15, -0.1) is 0 Å². The number of hydrogen-bond acceptors (Lipinski definition) is 8. The number of hydrogen-bond donors (Lipinski definition) is 0. The van der Waals surface area contributed by atoms with Crippen molar-refractivity contribution in [3.05, 3.63) is 108 Å². The fourth-order valence-corrected chi connectivity index (χ4v) is 7.11. The van der Waals surface area contributed by atoms with Crippen molar-refractivity contribution < 1.29 is 28.4 Å². The van der Waals surface area contributed by atoms with Gasteiger partial charge in [-0.1, -0.05) is 122 Å². The molecule has 0 spiro atoms. The van der Waals surface area contributed by atoms with Crippen molar-refractivity contribution in [3.63, 3.8) is 0 Å². The Kier molecular flexibility index (Phi) is 20.9. The largest absolute Gasteiger partial charge is 0.493 e. The van der Waals surface area contributed by atoms with E-state index in [0.29, 0.717) is 62.6 Å². The molecule has 64 heavy (non-hydrogen) atoms. The number of unbranched alkanes of at least 4 members (excludes halogenated alkanes) is 6. The van der Waals surface area contributed by atoms with Crippen molar-refractivity contribution >= 4 is 34.1 Å². The Morgan fingerprint density at radius 3 is 0.891 bits per heavy atom. The molecule has 0 saturated carbocycles. The summed E-state index contributed by atoms with van der Waals surface area (Å²) in [5, 5.41) is 0. The van der Waals surface area contributed by atoms with Gasteiger partial charge in [0, 0.05) is 47.0 Å². The van der Waals surface area contributed by atoms with Gasteiger partial charge >= 0.3 is 0 Å². The Labute approximate surface area is 385 Å². The van der Waals surface area contributed by atoms with Crippen molar-refractivity contribution in [1.29, 1.82) is 0 Å². The zero-order valence-corrected chi connectivity index (χ0v) is 40.3. The summed E-state index contributed by atoms with van der Waals surface area (Å²) in [6.45, 7) is 20.9. The van der Waals surface area contributed by atoms with E-state index in [1.165, 1.54) is 11.1 Å². The summed E-state index contributed by atoms with van der Waals surface area (Å²) in [4.78, 5) is 4.55. The molecule has 0 N–H and O–H groups in total. The van der Waals surface area contributed by atoms with Crippen molar-refractivity contribution in [3.8, 4) is 34.5 Å². The fraction of sp³-hybridized carbons (Fsp3) is 0.464. The number of ether oxygens (including phenoxy) is 6. The maximum Gasteiger partial charge on any atom is 0.150 e. The lowest BCUT2D eigenvalue weighted by atomic mass is 10.1. The Balaban J connectivity index is 1.80. The highest BCUT2D eigenvalue weighted by Gasteiger charge is 2.28. The Morgan fingerprint density at radius 2 is 0.609 bits per heavy atom. The van der Waals surface area contributed by atoms with Crippen LogP contribution >= 0.6 is 0 Å². The van der Waals surface area contributed by atoms with Crippen LogP contribution in [0.5, 0.6) is 34.5 Å². The van der Waals surface area contributed by atoms with E-state index in [1.54, 1.807) is 0 Å². The molecule has 5 aromatic rings.